The fraction of sp³-hybridized carbons (Fsp3) is 0.929. The summed E-state index contributed by atoms with van der Waals surface area (Å²) in [5.74, 6) is 0.307. The van der Waals surface area contributed by atoms with Crippen LogP contribution in [0.5, 0.6) is 0 Å². The zero-order valence-electron chi connectivity index (χ0n) is 13.1. The van der Waals surface area contributed by atoms with Gasteiger partial charge in [0, 0.05) is 19.1 Å². The van der Waals surface area contributed by atoms with E-state index in [1.54, 1.807) is 0 Å². The molecule has 0 spiro atoms. The van der Waals surface area contributed by atoms with Crippen molar-refractivity contribution in [3.63, 3.8) is 0 Å². The molecular formula is C14H28N4O3S. The molecule has 1 aliphatic carbocycles. The van der Waals surface area contributed by atoms with E-state index in [0.29, 0.717) is 19.1 Å². The smallest absolute Gasteiger partial charge is 0.274 e. The van der Waals surface area contributed by atoms with E-state index in [1.165, 1.54) is 19.3 Å². The average Bonchev–Trinajstić information content (AvgIpc) is 2.46. The average molecular weight is 332 g/mol. The summed E-state index contributed by atoms with van der Waals surface area (Å²) in [6.45, 7) is 2.38. The number of nitrogens with zero attached hydrogens (tertiary/aromatic N) is 1. The number of nitrogens with one attached hydrogen (secondary N) is 2. The normalized spacial score (nSPS) is 25.0. The van der Waals surface area contributed by atoms with Crippen molar-refractivity contribution in [2.45, 2.75) is 51.0 Å². The minimum absolute atomic E-state index is 0.0898. The van der Waals surface area contributed by atoms with E-state index >= 15 is 0 Å². The number of likely N-dealkylation sites (tertiary alicyclic amines) is 1. The van der Waals surface area contributed by atoms with Gasteiger partial charge in [0.05, 0.1) is 6.54 Å². The summed E-state index contributed by atoms with van der Waals surface area (Å²) >= 11 is 0. The Hall–Kier alpha value is -0.700. The van der Waals surface area contributed by atoms with Crippen LogP contribution in [0.15, 0.2) is 0 Å². The van der Waals surface area contributed by atoms with E-state index in [4.69, 9.17) is 5.14 Å². The highest BCUT2D eigenvalue weighted by molar-refractivity contribution is 7.87. The molecule has 0 aromatic rings. The number of piperidine rings is 1. The first-order chi connectivity index (χ1) is 10.4. The van der Waals surface area contributed by atoms with E-state index in [2.05, 4.69) is 14.9 Å². The molecule has 1 atom stereocenters. The molecule has 1 saturated heterocycles. The van der Waals surface area contributed by atoms with Crippen molar-refractivity contribution in [3.05, 3.63) is 0 Å². The summed E-state index contributed by atoms with van der Waals surface area (Å²) in [6, 6.07) is 0.339. The van der Waals surface area contributed by atoms with Crippen LogP contribution in [0.25, 0.3) is 0 Å². The van der Waals surface area contributed by atoms with Gasteiger partial charge in [0.1, 0.15) is 0 Å². The Morgan fingerprint density at radius 1 is 1.14 bits per heavy atom. The number of carbonyl (C=O) groups excluding carboxylic acids is 1. The number of hydrogen-bond donors (Lipinski definition) is 3. The van der Waals surface area contributed by atoms with Crippen molar-refractivity contribution < 1.29 is 13.2 Å². The highest BCUT2D eigenvalue weighted by atomic mass is 32.2. The Kier molecular flexibility index (Phi) is 6.61. The maximum absolute atomic E-state index is 12.1. The Morgan fingerprint density at radius 2 is 1.86 bits per heavy atom. The van der Waals surface area contributed by atoms with E-state index in [-0.39, 0.29) is 11.8 Å². The van der Waals surface area contributed by atoms with Crippen LogP contribution in [-0.4, -0.2) is 51.4 Å². The minimum Gasteiger partial charge on any atom is -0.352 e. The van der Waals surface area contributed by atoms with Gasteiger partial charge in [0.2, 0.25) is 5.91 Å². The van der Waals surface area contributed by atoms with Crippen molar-refractivity contribution in [3.8, 4) is 0 Å². The van der Waals surface area contributed by atoms with Crippen molar-refractivity contribution in [2.24, 2.45) is 11.1 Å². The molecule has 1 saturated carbocycles. The summed E-state index contributed by atoms with van der Waals surface area (Å²) in [7, 11) is -3.63. The van der Waals surface area contributed by atoms with Crippen LogP contribution in [0.3, 0.4) is 0 Å². The second kappa shape index (κ2) is 8.24. The first-order valence-corrected chi connectivity index (χ1v) is 9.76. The third-order valence-electron chi connectivity index (χ3n) is 4.51. The molecule has 7 nitrogen and oxygen atoms in total. The van der Waals surface area contributed by atoms with Gasteiger partial charge in [-0.3, -0.25) is 9.69 Å². The molecule has 128 valence electrons. The second-order valence-electron chi connectivity index (χ2n) is 6.54. The van der Waals surface area contributed by atoms with Crippen LogP contribution in [0, 0.1) is 5.92 Å². The lowest BCUT2D eigenvalue weighted by Gasteiger charge is -2.32. The first kappa shape index (κ1) is 17.7. The fourth-order valence-corrected chi connectivity index (χ4v) is 3.89. The molecule has 2 rings (SSSR count). The lowest BCUT2D eigenvalue weighted by molar-refractivity contribution is -0.123. The van der Waals surface area contributed by atoms with E-state index in [0.717, 1.165) is 38.8 Å². The Balaban J connectivity index is 1.71. The van der Waals surface area contributed by atoms with E-state index < -0.39 is 10.2 Å². The highest BCUT2D eigenvalue weighted by Crippen LogP contribution is 2.18. The van der Waals surface area contributed by atoms with Gasteiger partial charge in [0.15, 0.2) is 0 Å². The van der Waals surface area contributed by atoms with Gasteiger partial charge in [0.25, 0.3) is 10.2 Å². The quantitative estimate of drug-likeness (QED) is 0.634. The first-order valence-electron chi connectivity index (χ1n) is 8.21. The van der Waals surface area contributed by atoms with Crippen molar-refractivity contribution in [2.75, 3.05) is 26.2 Å². The molecule has 8 heteroatoms. The highest BCUT2D eigenvalue weighted by Gasteiger charge is 2.23. The molecule has 2 aliphatic rings. The van der Waals surface area contributed by atoms with Crippen molar-refractivity contribution in [1.82, 2.24) is 14.9 Å². The third-order valence-corrected chi connectivity index (χ3v) is 5.08. The molecule has 1 aliphatic heterocycles. The molecule has 0 aromatic heterocycles. The van der Waals surface area contributed by atoms with Crippen LogP contribution >= 0.6 is 0 Å². The van der Waals surface area contributed by atoms with Crippen LogP contribution in [0.4, 0.5) is 0 Å². The Bertz CT molecular complexity index is 463. The van der Waals surface area contributed by atoms with Crippen LogP contribution < -0.4 is 15.2 Å². The van der Waals surface area contributed by atoms with Crippen LogP contribution in [-0.2, 0) is 15.0 Å². The van der Waals surface area contributed by atoms with Gasteiger partial charge in [-0.05, 0) is 38.1 Å². The minimum atomic E-state index is -3.63. The number of amides is 1. The molecular weight excluding hydrogens is 304 g/mol. The van der Waals surface area contributed by atoms with E-state index in [1.807, 2.05) is 0 Å². The monoisotopic (exact) mass is 332 g/mol. The van der Waals surface area contributed by atoms with Gasteiger partial charge in [-0.1, -0.05) is 19.3 Å². The van der Waals surface area contributed by atoms with Crippen molar-refractivity contribution >= 4 is 16.1 Å². The molecule has 1 unspecified atom stereocenters. The Labute approximate surface area is 133 Å². The van der Waals surface area contributed by atoms with E-state index in [9.17, 15) is 13.2 Å². The SMILES string of the molecule is NS(=O)(=O)NCC1CCCN(CC(=O)NC2CCCCC2)C1. The third kappa shape index (κ3) is 6.60. The Morgan fingerprint density at radius 3 is 2.55 bits per heavy atom. The summed E-state index contributed by atoms with van der Waals surface area (Å²) < 4.78 is 24.2. The molecule has 1 heterocycles. The molecule has 22 heavy (non-hydrogen) atoms. The van der Waals surface area contributed by atoms with Gasteiger partial charge in [-0.2, -0.15) is 8.42 Å². The standard InChI is InChI=1S/C14H28N4O3S/c15-22(20,21)16-9-12-5-4-8-18(10-12)11-14(19)17-13-6-2-1-3-7-13/h12-13,16H,1-11H2,(H,17,19)(H2,15,20,21). The fourth-order valence-electron chi connectivity index (χ4n) is 3.42. The number of carbonyl (C=O) groups is 1. The summed E-state index contributed by atoms with van der Waals surface area (Å²) in [5.41, 5.74) is 0. The second-order valence-corrected chi connectivity index (χ2v) is 7.92. The summed E-state index contributed by atoms with van der Waals surface area (Å²) in [4.78, 5) is 14.2. The van der Waals surface area contributed by atoms with Crippen LogP contribution in [0.1, 0.15) is 44.9 Å². The summed E-state index contributed by atoms with van der Waals surface area (Å²) in [6.07, 6.45) is 7.80. The zero-order valence-corrected chi connectivity index (χ0v) is 13.9. The largest absolute Gasteiger partial charge is 0.352 e. The van der Waals surface area contributed by atoms with Gasteiger partial charge >= 0.3 is 0 Å². The maximum atomic E-state index is 12.1. The molecule has 1 amide bonds. The molecule has 4 N–H and O–H groups in total. The number of hydrogen-bond acceptors (Lipinski definition) is 4. The van der Waals surface area contributed by atoms with Gasteiger partial charge < -0.3 is 5.32 Å². The van der Waals surface area contributed by atoms with Gasteiger partial charge in [-0.15, -0.1) is 0 Å². The van der Waals surface area contributed by atoms with Crippen LogP contribution in [0.2, 0.25) is 0 Å². The predicted molar refractivity (Wildman–Crippen MR) is 85.3 cm³/mol. The number of nitrogens with two attached hydrogens (primary N) is 1. The van der Waals surface area contributed by atoms with Crippen molar-refractivity contribution in [1.29, 1.82) is 0 Å². The molecule has 2 fully saturated rings. The zero-order chi connectivity index (χ0) is 16.0. The maximum Gasteiger partial charge on any atom is 0.274 e. The molecule has 0 radical (unpaired) electrons. The molecule has 0 bridgehead atoms. The lowest BCUT2D eigenvalue weighted by Crippen LogP contribution is -2.47. The predicted octanol–water partition coefficient (Wildman–Crippen LogP) is -0.0596. The molecule has 0 aromatic carbocycles. The summed E-state index contributed by atoms with van der Waals surface area (Å²) in [5, 5.41) is 8.08. The van der Waals surface area contributed by atoms with Gasteiger partial charge in [-0.25, -0.2) is 9.86 Å². The topological polar surface area (TPSA) is 105 Å². The lowest BCUT2D eigenvalue weighted by atomic mass is 9.95. The number of rotatable bonds is 6.